The highest BCUT2D eigenvalue weighted by molar-refractivity contribution is 5.67. The van der Waals surface area contributed by atoms with Gasteiger partial charge >= 0.3 is 6.09 Å². The number of para-hydroxylation sites is 1. The van der Waals surface area contributed by atoms with Crippen molar-refractivity contribution in [2.75, 3.05) is 26.7 Å². The minimum atomic E-state index is -0.373. The van der Waals surface area contributed by atoms with Crippen LogP contribution in [-0.2, 0) is 17.9 Å². The van der Waals surface area contributed by atoms with E-state index in [2.05, 4.69) is 23.2 Å². The molecule has 5 heteroatoms. The number of benzene rings is 2. The van der Waals surface area contributed by atoms with Crippen molar-refractivity contribution >= 4 is 6.09 Å². The molecular formula is C21H28N2O3. The van der Waals surface area contributed by atoms with E-state index in [1.165, 1.54) is 5.56 Å². The summed E-state index contributed by atoms with van der Waals surface area (Å²) in [7, 11) is 1.69. The average molecular weight is 356 g/mol. The summed E-state index contributed by atoms with van der Waals surface area (Å²) in [6.07, 6.45) is 0.491. The van der Waals surface area contributed by atoms with Gasteiger partial charge in [-0.2, -0.15) is 0 Å². The van der Waals surface area contributed by atoms with Crippen molar-refractivity contribution in [3.8, 4) is 5.75 Å². The second-order valence-corrected chi connectivity index (χ2v) is 6.02. The molecule has 2 rings (SSSR count). The van der Waals surface area contributed by atoms with Gasteiger partial charge in [-0.1, -0.05) is 55.5 Å². The molecule has 2 aromatic rings. The van der Waals surface area contributed by atoms with Crippen LogP contribution in [0.25, 0.3) is 0 Å². The summed E-state index contributed by atoms with van der Waals surface area (Å²) in [6.45, 7) is 5.69. The Labute approximate surface area is 155 Å². The Morgan fingerprint density at radius 3 is 2.54 bits per heavy atom. The number of hydrogen-bond donors (Lipinski definition) is 1. The summed E-state index contributed by atoms with van der Waals surface area (Å²) in [6, 6.07) is 17.7. The minimum Gasteiger partial charge on any atom is -0.496 e. The number of amides is 1. The Morgan fingerprint density at radius 1 is 1.08 bits per heavy atom. The number of nitrogens with one attached hydrogen (secondary N) is 1. The summed E-state index contributed by atoms with van der Waals surface area (Å²) in [5, 5.41) is 2.81. The van der Waals surface area contributed by atoms with Gasteiger partial charge in [-0.05, 0) is 24.6 Å². The third-order valence-corrected chi connectivity index (χ3v) is 4.17. The topological polar surface area (TPSA) is 50.8 Å². The number of alkyl carbamates (subject to hydrolysis) is 1. The van der Waals surface area contributed by atoms with E-state index >= 15 is 0 Å². The van der Waals surface area contributed by atoms with Gasteiger partial charge in [0.25, 0.3) is 0 Å². The quantitative estimate of drug-likeness (QED) is 0.657. The molecule has 0 aliphatic carbocycles. The molecule has 140 valence electrons. The molecule has 5 nitrogen and oxygen atoms in total. The maximum atomic E-state index is 11.7. The first-order chi connectivity index (χ1) is 12.7. The zero-order valence-electron chi connectivity index (χ0n) is 15.6. The highest BCUT2D eigenvalue weighted by Gasteiger charge is 2.08. The van der Waals surface area contributed by atoms with Crippen LogP contribution >= 0.6 is 0 Å². The van der Waals surface area contributed by atoms with Crippen LogP contribution in [0.5, 0.6) is 5.75 Å². The van der Waals surface area contributed by atoms with Gasteiger partial charge in [0.05, 0.1) is 7.11 Å². The normalized spacial score (nSPS) is 10.6. The summed E-state index contributed by atoms with van der Waals surface area (Å²) in [5.74, 6) is 0.911. The lowest BCUT2D eigenvalue weighted by Crippen LogP contribution is -2.30. The number of methoxy groups -OCH3 is 1. The van der Waals surface area contributed by atoms with Crippen LogP contribution in [0.3, 0.4) is 0 Å². The van der Waals surface area contributed by atoms with E-state index in [1.807, 2.05) is 48.5 Å². The third kappa shape index (κ3) is 6.76. The number of carbonyl (C=O) groups excluding carboxylic acids is 1. The first-order valence-corrected chi connectivity index (χ1v) is 9.01. The van der Waals surface area contributed by atoms with Crippen LogP contribution in [0.2, 0.25) is 0 Å². The van der Waals surface area contributed by atoms with Crippen molar-refractivity contribution in [1.82, 2.24) is 10.2 Å². The number of nitrogens with zero attached hydrogens (tertiary/aromatic N) is 1. The van der Waals surface area contributed by atoms with E-state index in [-0.39, 0.29) is 6.09 Å². The number of carbonyl (C=O) groups is 1. The molecule has 0 bridgehead atoms. The van der Waals surface area contributed by atoms with Crippen LogP contribution in [0.4, 0.5) is 4.79 Å². The number of hydrogen-bond acceptors (Lipinski definition) is 4. The van der Waals surface area contributed by atoms with E-state index in [9.17, 15) is 4.79 Å². The van der Waals surface area contributed by atoms with Gasteiger partial charge in [0.1, 0.15) is 12.4 Å². The van der Waals surface area contributed by atoms with E-state index in [4.69, 9.17) is 9.47 Å². The zero-order chi connectivity index (χ0) is 18.6. The standard InChI is InChI=1S/C21H28N2O3/c1-3-23(16-19-12-7-8-13-20(19)25-2)15-9-14-22-21(24)26-17-18-10-5-4-6-11-18/h4-8,10-13H,3,9,14-17H2,1-2H3,(H,22,24). The molecule has 0 aliphatic heterocycles. The maximum absolute atomic E-state index is 11.7. The van der Waals surface area contributed by atoms with Crippen LogP contribution in [-0.4, -0.2) is 37.7 Å². The molecule has 0 fully saturated rings. The molecule has 0 aliphatic rings. The highest BCUT2D eigenvalue weighted by Crippen LogP contribution is 2.19. The zero-order valence-corrected chi connectivity index (χ0v) is 15.6. The molecule has 0 unspecified atom stereocenters. The monoisotopic (exact) mass is 356 g/mol. The molecule has 0 saturated carbocycles. The summed E-state index contributed by atoms with van der Waals surface area (Å²) >= 11 is 0. The first-order valence-electron chi connectivity index (χ1n) is 9.01. The SMILES string of the molecule is CCN(CCCNC(=O)OCc1ccccc1)Cc1ccccc1OC. The molecule has 1 amide bonds. The second-order valence-electron chi connectivity index (χ2n) is 6.02. The van der Waals surface area contributed by atoms with Crippen LogP contribution < -0.4 is 10.1 Å². The predicted octanol–water partition coefficient (Wildman–Crippen LogP) is 3.83. The largest absolute Gasteiger partial charge is 0.496 e. The van der Waals surface area contributed by atoms with E-state index in [1.54, 1.807) is 7.11 Å². The van der Waals surface area contributed by atoms with Crippen molar-refractivity contribution in [2.45, 2.75) is 26.5 Å². The Bertz CT molecular complexity index is 661. The van der Waals surface area contributed by atoms with Crippen molar-refractivity contribution in [2.24, 2.45) is 0 Å². The fourth-order valence-corrected chi connectivity index (χ4v) is 2.69. The average Bonchev–Trinajstić information content (AvgIpc) is 2.69. The number of rotatable bonds is 10. The minimum absolute atomic E-state index is 0.293. The molecular weight excluding hydrogens is 328 g/mol. The van der Waals surface area contributed by atoms with Crippen molar-refractivity contribution in [3.05, 3.63) is 65.7 Å². The van der Waals surface area contributed by atoms with Crippen molar-refractivity contribution < 1.29 is 14.3 Å². The number of ether oxygens (including phenoxy) is 2. The summed E-state index contributed by atoms with van der Waals surface area (Å²) in [4.78, 5) is 14.1. The molecule has 0 aromatic heterocycles. The lowest BCUT2D eigenvalue weighted by atomic mass is 10.2. The summed E-state index contributed by atoms with van der Waals surface area (Å²) < 4.78 is 10.6. The lowest BCUT2D eigenvalue weighted by Gasteiger charge is -2.21. The predicted molar refractivity (Wildman–Crippen MR) is 103 cm³/mol. The van der Waals surface area contributed by atoms with Crippen LogP contribution in [0.15, 0.2) is 54.6 Å². The fourth-order valence-electron chi connectivity index (χ4n) is 2.69. The first kappa shape index (κ1) is 19.8. The molecule has 0 atom stereocenters. The highest BCUT2D eigenvalue weighted by atomic mass is 16.5. The maximum Gasteiger partial charge on any atom is 0.407 e. The molecule has 1 N–H and O–H groups in total. The molecule has 0 radical (unpaired) electrons. The Kier molecular flexibility index (Phi) is 8.49. The Balaban J connectivity index is 1.66. The van der Waals surface area contributed by atoms with Crippen molar-refractivity contribution in [1.29, 1.82) is 0 Å². The smallest absolute Gasteiger partial charge is 0.407 e. The van der Waals surface area contributed by atoms with Gasteiger partial charge in [-0.25, -0.2) is 4.79 Å². The van der Waals surface area contributed by atoms with Gasteiger partial charge in [-0.15, -0.1) is 0 Å². The summed E-state index contributed by atoms with van der Waals surface area (Å²) in [5.41, 5.74) is 2.16. The molecule has 0 spiro atoms. The van der Waals surface area contributed by atoms with E-state index in [0.29, 0.717) is 13.2 Å². The molecule has 0 saturated heterocycles. The van der Waals surface area contributed by atoms with E-state index in [0.717, 1.165) is 37.4 Å². The molecule has 26 heavy (non-hydrogen) atoms. The van der Waals surface area contributed by atoms with Gasteiger partial charge < -0.3 is 14.8 Å². The van der Waals surface area contributed by atoms with Crippen LogP contribution in [0, 0.1) is 0 Å². The van der Waals surface area contributed by atoms with Crippen LogP contribution in [0.1, 0.15) is 24.5 Å². The van der Waals surface area contributed by atoms with Gasteiger partial charge in [-0.3, -0.25) is 4.90 Å². The van der Waals surface area contributed by atoms with E-state index < -0.39 is 0 Å². The van der Waals surface area contributed by atoms with Gasteiger partial charge in [0, 0.05) is 25.2 Å². The van der Waals surface area contributed by atoms with Crippen molar-refractivity contribution in [3.63, 3.8) is 0 Å². The Morgan fingerprint density at radius 2 is 1.81 bits per heavy atom. The fraction of sp³-hybridized carbons (Fsp3) is 0.381. The lowest BCUT2D eigenvalue weighted by molar-refractivity contribution is 0.139. The molecule has 0 heterocycles. The second kappa shape index (κ2) is 11.2. The molecule has 2 aromatic carbocycles. The van der Waals surface area contributed by atoms with Gasteiger partial charge in [0.15, 0.2) is 0 Å². The van der Waals surface area contributed by atoms with Gasteiger partial charge in [0.2, 0.25) is 0 Å². The third-order valence-electron chi connectivity index (χ3n) is 4.17. The Hall–Kier alpha value is -2.53.